The van der Waals surface area contributed by atoms with Crippen molar-refractivity contribution in [3.63, 3.8) is 0 Å². The molecule has 0 radical (unpaired) electrons. The Morgan fingerprint density at radius 3 is 2.46 bits per heavy atom. The zero-order valence-electron chi connectivity index (χ0n) is 16.0. The van der Waals surface area contributed by atoms with Crippen molar-refractivity contribution in [3.05, 3.63) is 35.9 Å². The predicted molar refractivity (Wildman–Crippen MR) is 99.9 cm³/mol. The number of nitrogens with zero attached hydrogens (tertiary/aromatic N) is 4. The summed E-state index contributed by atoms with van der Waals surface area (Å²) in [5, 5.41) is 0. The van der Waals surface area contributed by atoms with Gasteiger partial charge < -0.3 is 23.8 Å². The lowest BCUT2D eigenvalue weighted by Crippen LogP contribution is -2.37. The van der Waals surface area contributed by atoms with Gasteiger partial charge in [0.25, 0.3) is 0 Å². The minimum atomic E-state index is -0.315. The van der Waals surface area contributed by atoms with Crippen molar-refractivity contribution < 1.29 is 23.7 Å². The molecule has 2 saturated heterocycles. The van der Waals surface area contributed by atoms with Gasteiger partial charge in [0.15, 0.2) is 0 Å². The van der Waals surface area contributed by atoms with Crippen LogP contribution < -0.4 is 19.1 Å². The van der Waals surface area contributed by atoms with Gasteiger partial charge in [-0.05, 0) is 6.07 Å². The van der Waals surface area contributed by atoms with Crippen LogP contribution in [-0.4, -0.2) is 67.5 Å². The minimum Gasteiger partial charge on any atom is -0.496 e. The summed E-state index contributed by atoms with van der Waals surface area (Å²) in [6.07, 6.45) is -0.562. The average Bonchev–Trinajstić information content (AvgIpc) is 3.26. The smallest absolute Gasteiger partial charge is 0.410 e. The number of hydrogen-bond acceptors (Lipinski definition) is 8. The number of ether oxygens (including phenoxy) is 4. The molecule has 1 aromatic heterocycles. The van der Waals surface area contributed by atoms with Crippen LogP contribution in [0.5, 0.6) is 17.5 Å². The van der Waals surface area contributed by atoms with E-state index in [1.807, 2.05) is 29.2 Å². The van der Waals surface area contributed by atoms with E-state index in [0.717, 1.165) is 11.3 Å². The second kappa shape index (κ2) is 7.41. The van der Waals surface area contributed by atoms with Gasteiger partial charge >= 0.3 is 6.09 Å². The Hall–Kier alpha value is -3.23. The van der Waals surface area contributed by atoms with Crippen LogP contribution in [0.2, 0.25) is 0 Å². The molecule has 28 heavy (non-hydrogen) atoms. The van der Waals surface area contributed by atoms with Gasteiger partial charge in [0, 0.05) is 12.1 Å². The number of benzene rings is 1. The molecule has 0 aliphatic carbocycles. The van der Waals surface area contributed by atoms with Crippen molar-refractivity contribution in [2.24, 2.45) is 0 Å². The van der Waals surface area contributed by atoms with E-state index < -0.39 is 0 Å². The molecule has 2 aliphatic heterocycles. The first kappa shape index (κ1) is 18.1. The molecule has 148 valence electrons. The lowest BCUT2D eigenvalue weighted by molar-refractivity contribution is 0.135. The minimum absolute atomic E-state index is 0.0989. The predicted octanol–water partition coefficient (Wildman–Crippen LogP) is 1.71. The zero-order chi connectivity index (χ0) is 19.7. The zero-order valence-corrected chi connectivity index (χ0v) is 16.0. The van der Waals surface area contributed by atoms with Crippen molar-refractivity contribution in [3.8, 4) is 17.5 Å². The molecule has 9 nitrogen and oxygen atoms in total. The maximum atomic E-state index is 12.4. The summed E-state index contributed by atoms with van der Waals surface area (Å²) in [5.41, 5.74) is 0.931. The highest BCUT2D eigenvalue weighted by atomic mass is 16.6. The van der Waals surface area contributed by atoms with Crippen LogP contribution in [0.3, 0.4) is 0 Å². The van der Waals surface area contributed by atoms with Gasteiger partial charge in [-0.1, -0.05) is 18.2 Å². The van der Waals surface area contributed by atoms with E-state index in [1.54, 1.807) is 32.3 Å². The second-order valence-corrected chi connectivity index (χ2v) is 6.59. The first-order chi connectivity index (χ1) is 13.6. The van der Waals surface area contributed by atoms with Crippen molar-refractivity contribution in [2.75, 3.05) is 39.3 Å². The molecule has 2 atom stereocenters. The summed E-state index contributed by atoms with van der Waals surface area (Å²) in [6, 6.07) is 9.17. The van der Waals surface area contributed by atoms with Crippen molar-refractivity contribution in [2.45, 2.75) is 18.7 Å². The van der Waals surface area contributed by atoms with Crippen molar-refractivity contribution in [1.82, 2.24) is 14.9 Å². The van der Waals surface area contributed by atoms with Gasteiger partial charge in [-0.15, -0.1) is 0 Å². The summed E-state index contributed by atoms with van der Waals surface area (Å²) in [7, 11) is 4.71. The van der Waals surface area contributed by atoms with Gasteiger partial charge in [0.2, 0.25) is 17.7 Å². The van der Waals surface area contributed by atoms with Crippen LogP contribution >= 0.6 is 0 Å². The summed E-state index contributed by atoms with van der Waals surface area (Å²) < 4.78 is 21.5. The van der Waals surface area contributed by atoms with Crippen molar-refractivity contribution in [1.29, 1.82) is 0 Å². The van der Waals surface area contributed by atoms with E-state index in [9.17, 15) is 4.79 Å². The van der Waals surface area contributed by atoms with Crippen LogP contribution in [-0.2, 0) is 11.3 Å². The molecule has 0 bridgehead atoms. The SMILES string of the molecule is COc1cc(OC)nc(N2C[C@H]3OC(=O)N(Cc4ccccc4OC)[C@H]3C2)n1. The van der Waals surface area contributed by atoms with Gasteiger partial charge in [0.05, 0.1) is 46.5 Å². The van der Waals surface area contributed by atoms with Crippen LogP contribution in [0.4, 0.5) is 10.7 Å². The highest BCUT2D eigenvalue weighted by Gasteiger charge is 2.48. The maximum absolute atomic E-state index is 12.4. The fraction of sp³-hybridized carbons (Fsp3) is 0.421. The number of fused-ring (bicyclic) bond motifs is 1. The number of amides is 1. The number of hydrogen-bond donors (Lipinski definition) is 0. The highest BCUT2D eigenvalue weighted by molar-refractivity contribution is 5.72. The van der Waals surface area contributed by atoms with E-state index in [-0.39, 0.29) is 18.2 Å². The number of para-hydroxylation sites is 1. The van der Waals surface area contributed by atoms with Gasteiger partial charge in [-0.2, -0.15) is 9.97 Å². The topological polar surface area (TPSA) is 86.3 Å². The van der Waals surface area contributed by atoms with Gasteiger partial charge in [0.1, 0.15) is 11.9 Å². The third-order valence-electron chi connectivity index (χ3n) is 5.03. The van der Waals surface area contributed by atoms with Gasteiger partial charge in [-0.3, -0.25) is 4.90 Å². The largest absolute Gasteiger partial charge is 0.496 e. The van der Waals surface area contributed by atoms with Crippen LogP contribution in [0.15, 0.2) is 30.3 Å². The molecule has 0 N–H and O–H groups in total. The molecule has 2 aromatic rings. The molecule has 0 saturated carbocycles. The highest BCUT2D eigenvalue weighted by Crippen LogP contribution is 2.32. The first-order valence-corrected chi connectivity index (χ1v) is 8.94. The fourth-order valence-corrected chi connectivity index (χ4v) is 3.61. The molecule has 2 aliphatic rings. The van der Waals surface area contributed by atoms with E-state index in [0.29, 0.717) is 37.3 Å². The number of anilines is 1. The number of carbonyl (C=O) groups excluding carboxylic acids is 1. The quantitative estimate of drug-likeness (QED) is 0.742. The number of aromatic nitrogens is 2. The standard InChI is InChI=1S/C19H22N4O5/c1-25-14-7-5-4-6-12(14)9-23-13-10-22(11-15(13)28-19(23)24)18-20-16(26-2)8-17(21-18)27-3/h4-8,13,15H,9-11H2,1-3H3/t13-,15+/m0/s1. The Labute approximate surface area is 162 Å². The molecule has 0 spiro atoms. The van der Waals surface area contributed by atoms with E-state index in [2.05, 4.69) is 9.97 Å². The Balaban J connectivity index is 1.54. The lowest BCUT2D eigenvalue weighted by Gasteiger charge is -2.23. The normalized spacial score (nSPS) is 20.8. The Morgan fingerprint density at radius 1 is 1.07 bits per heavy atom. The monoisotopic (exact) mass is 386 g/mol. The van der Waals surface area contributed by atoms with Crippen molar-refractivity contribution >= 4 is 12.0 Å². The number of methoxy groups -OCH3 is 3. The third-order valence-corrected chi connectivity index (χ3v) is 5.03. The molecular weight excluding hydrogens is 364 g/mol. The maximum Gasteiger partial charge on any atom is 0.410 e. The molecular formula is C19H22N4O5. The summed E-state index contributed by atoms with van der Waals surface area (Å²) in [4.78, 5) is 24.9. The molecule has 0 unspecified atom stereocenters. The Morgan fingerprint density at radius 2 is 1.79 bits per heavy atom. The Kier molecular flexibility index (Phi) is 4.81. The second-order valence-electron chi connectivity index (χ2n) is 6.59. The molecule has 4 rings (SSSR count). The molecule has 3 heterocycles. The molecule has 1 aromatic carbocycles. The van der Waals surface area contributed by atoms with Gasteiger partial charge in [-0.25, -0.2) is 4.79 Å². The number of rotatable bonds is 6. The van der Waals surface area contributed by atoms with Crippen LogP contribution in [0.25, 0.3) is 0 Å². The van der Waals surface area contributed by atoms with Crippen LogP contribution in [0.1, 0.15) is 5.56 Å². The summed E-state index contributed by atoms with van der Waals surface area (Å²) in [5.74, 6) is 2.07. The van der Waals surface area contributed by atoms with E-state index >= 15 is 0 Å². The fourth-order valence-electron chi connectivity index (χ4n) is 3.61. The summed E-state index contributed by atoms with van der Waals surface area (Å²) in [6.45, 7) is 1.48. The molecule has 1 amide bonds. The molecule has 2 fully saturated rings. The lowest BCUT2D eigenvalue weighted by atomic mass is 10.1. The third kappa shape index (κ3) is 3.23. The van der Waals surface area contributed by atoms with E-state index in [4.69, 9.17) is 18.9 Å². The van der Waals surface area contributed by atoms with Crippen LogP contribution in [0, 0.1) is 0 Å². The average molecular weight is 386 g/mol. The van der Waals surface area contributed by atoms with E-state index in [1.165, 1.54) is 0 Å². The first-order valence-electron chi connectivity index (χ1n) is 8.94. The summed E-state index contributed by atoms with van der Waals surface area (Å²) >= 11 is 0. The number of carbonyl (C=O) groups is 1. The molecule has 9 heteroatoms. The Bertz CT molecular complexity index is 855.